The number of imide groups is 1. The van der Waals surface area contributed by atoms with Gasteiger partial charge >= 0.3 is 6.09 Å². The summed E-state index contributed by atoms with van der Waals surface area (Å²) in [7, 11) is -2.37. The van der Waals surface area contributed by atoms with Crippen molar-refractivity contribution in [2.45, 2.75) is 83.0 Å². The third-order valence-corrected chi connectivity index (χ3v) is 16.1. The third kappa shape index (κ3) is 10.8. The normalized spacial score (nSPS) is 16.1. The maximum absolute atomic E-state index is 15.4. The Labute approximate surface area is 345 Å². The van der Waals surface area contributed by atoms with Gasteiger partial charge < -0.3 is 19.2 Å². The molecule has 1 N–H and O–H groups in total. The molecule has 4 atom stereocenters. The Morgan fingerprint density at radius 1 is 0.877 bits per heavy atom. The highest BCUT2D eigenvalue weighted by Gasteiger charge is 2.45. The van der Waals surface area contributed by atoms with Gasteiger partial charge in [0.15, 0.2) is 8.32 Å². The maximum Gasteiger partial charge on any atom is 0.416 e. The van der Waals surface area contributed by atoms with E-state index in [0.29, 0.717) is 31.6 Å². The van der Waals surface area contributed by atoms with Crippen LogP contribution in [0.25, 0.3) is 0 Å². The third-order valence-electron chi connectivity index (χ3n) is 11.1. The SMILES string of the molecule is CC(C)(C)[Si](C)(C)O[C@H](CC[C@@H](C(=O)N1C(=O)OC[C@@H]1Cc1ccccc1)[C@H](Nc1ccccc1)c1ccc(Br)cc1OCc1ccccc1)c1ccc(F)cc1. The summed E-state index contributed by atoms with van der Waals surface area (Å²) in [5.41, 5.74) is 4.38. The summed E-state index contributed by atoms with van der Waals surface area (Å²) in [6.07, 6.45) is 0.0931. The lowest BCUT2D eigenvalue weighted by Gasteiger charge is -2.40. The minimum atomic E-state index is -2.37. The number of ether oxygens (including phenoxy) is 2. The van der Waals surface area contributed by atoms with Crippen LogP contribution in [0.4, 0.5) is 14.9 Å². The predicted octanol–water partition coefficient (Wildman–Crippen LogP) is 12.1. The Balaban J connectivity index is 1.45. The molecule has 298 valence electrons. The highest BCUT2D eigenvalue weighted by atomic mass is 79.9. The van der Waals surface area contributed by atoms with Gasteiger partial charge in [0.05, 0.1) is 24.1 Å². The molecule has 1 aliphatic heterocycles. The average molecular weight is 852 g/mol. The summed E-state index contributed by atoms with van der Waals surface area (Å²) in [6.45, 7) is 11.3. The standard InChI is InChI=1S/C47H52BrFN2O5Si/c1-47(2,3)57(4,5)56-42(35-21-24-37(49)25-22-35)28-27-41(45(52)51-39(32-55-46(51)53)29-33-15-9-6-10-16-33)44(50-38-19-13-8-14-20-38)40-26-23-36(48)30-43(40)54-31-34-17-11-7-12-18-34/h6-26,30,39,41-42,44,50H,27-29,31-32H2,1-5H3/t39-,41+,42+,44+/m0/s1. The molecule has 10 heteroatoms. The molecular formula is C47H52BrFN2O5Si. The number of para-hydroxylation sites is 1. The van der Waals surface area contributed by atoms with E-state index in [1.807, 2.05) is 109 Å². The highest BCUT2D eigenvalue weighted by Crippen LogP contribution is 2.44. The fourth-order valence-electron chi connectivity index (χ4n) is 6.95. The summed E-state index contributed by atoms with van der Waals surface area (Å²) in [5, 5.41) is 3.60. The summed E-state index contributed by atoms with van der Waals surface area (Å²) < 4.78 is 34.4. The van der Waals surface area contributed by atoms with Gasteiger partial charge in [0.2, 0.25) is 5.91 Å². The molecule has 0 spiro atoms. The number of carbonyl (C=O) groups excluding carboxylic acids is 2. The van der Waals surface area contributed by atoms with E-state index in [1.165, 1.54) is 17.0 Å². The second-order valence-electron chi connectivity index (χ2n) is 16.2. The number of carbonyl (C=O) groups is 2. The van der Waals surface area contributed by atoms with Crippen LogP contribution < -0.4 is 10.1 Å². The van der Waals surface area contributed by atoms with E-state index in [9.17, 15) is 9.18 Å². The van der Waals surface area contributed by atoms with Crippen molar-refractivity contribution in [1.82, 2.24) is 4.90 Å². The first-order valence-corrected chi connectivity index (χ1v) is 23.2. The van der Waals surface area contributed by atoms with Gasteiger partial charge in [-0.05, 0) is 90.5 Å². The molecular weight excluding hydrogens is 800 g/mol. The van der Waals surface area contributed by atoms with Crippen molar-refractivity contribution in [2.75, 3.05) is 11.9 Å². The lowest BCUT2D eigenvalue weighted by atomic mass is 9.85. The minimum absolute atomic E-state index is 0.0966. The van der Waals surface area contributed by atoms with Gasteiger partial charge in [-0.15, -0.1) is 0 Å². The van der Waals surface area contributed by atoms with Crippen LogP contribution in [0.2, 0.25) is 18.1 Å². The van der Waals surface area contributed by atoms with E-state index >= 15 is 4.79 Å². The van der Waals surface area contributed by atoms with E-state index in [-0.39, 0.29) is 23.4 Å². The molecule has 1 aliphatic rings. The first-order valence-electron chi connectivity index (χ1n) is 19.5. The molecule has 7 nitrogen and oxygen atoms in total. The predicted molar refractivity (Wildman–Crippen MR) is 230 cm³/mol. The molecule has 0 saturated carbocycles. The van der Waals surface area contributed by atoms with Crippen LogP contribution in [0.3, 0.4) is 0 Å². The second kappa shape index (κ2) is 18.7. The van der Waals surface area contributed by atoms with E-state index in [2.05, 4.69) is 55.1 Å². The number of rotatable bonds is 16. The molecule has 0 radical (unpaired) electrons. The van der Waals surface area contributed by atoms with Crippen molar-refractivity contribution in [3.8, 4) is 5.75 Å². The van der Waals surface area contributed by atoms with Crippen LogP contribution in [0.1, 0.15) is 68.0 Å². The van der Waals surface area contributed by atoms with Crippen molar-refractivity contribution in [2.24, 2.45) is 5.92 Å². The van der Waals surface area contributed by atoms with Gasteiger partial charge in [0.1, 0.15) is 24.8 Å². The molecule has 57 heavy (non-hydrogen) atoms. The Kier molecular flexibility index (Phi) is 13.7. The van der Waals surface area contributed by atoms with E-state index < -0.39 is 38.5 Å². The van der Waals surface area contributed by atoms with Gasteiger partial charge in [0, 0.05) is 15.7 Å². The quantitative estimate of drug-likeness (QED) is 0.0997. The zero-order valence-corrected chi connectivity index (χ0v) is 35.9. The fourth-order valence-corrected chi connectivity index (χ4v) is 8.61. The van der Waals surface area contributed by atoms with Crippen molar-refractivity contribution in [1.29, 1.82) is 0 Å². The van der Waals surface area contributed by atoms with Crippen LogP contribution in [-0.4, -0.2) is 37.9 Å². The lowest BCUT2D eigenvalue weighted by Crippen LogP contribution is -2.46. The van der Waals surface area contributed by atoms with Crippen molar-refractivity contribution >= 4 is 41.9 Å². The van der Waals surface area contributed by atoms with Gasteiger partial charge in [-0.1, -0.05) is 134 Å². The van der Waals surface area contributed by atoms with Crippen LogP contribution in [0, 0.1) is 11.7 Å². The fraction of sp³-hybridized carbons (Fsp3) is 0.319. The number of nitrogens with one attached hydrogen (secondary N) is 1. The van der Waals surface area contributed by atoms with Gasteiger partial charge in [0.25, 0.3) is 0 Å². The Hall–Kier alpha value is -4.77. The Morgan fingerprint density at radius 2 is 1.49 bits per heavy atom. The number of benzene rings is 5. The number of nitrogens with zero attached hydrogens (tertiary/aromatic N) is 1. The number of amides is 2. The largest absolute Gasteiger partial charge is 0.489 e. The molecule has 2 amide bonds. The zero-order valence-electron chi connectivity index (χ0n) is 33.3. The number of cyclic esters (lactones) is 1. The number of hydrogen-bond donors (Lipinski definition) is 1. The van der Waals surface area contributed by atoms with Crippen molar-refractivity contribution in [3.63, 3.8) is 0 Å². The number of anilines is 1. The smallest absolute Gasteiger partial charge is 0.416 e. The zero-order chi connectivity index (χ0) is 40.6. The molecule has 6 rings (SSSR count). The van der Waals surface area contributed by atoms with Crippen LogP contribution >= 0.6 is 15.9 Å². The van der Waals surface area contributed by atoms with Gasteiger partial charge in [-0.25, -0.2) is 14.1 Å². The lowest BCUT2D eigenvalue weighted by molar-refractivity contribution is -0.134. The van der Waals surface area contributed by atoms with Gasteiger partial charge in [-0.3, -0.25) is 4.79 Å². The van der Waals surface area contributed by atoms with Crippen LogP contribution in [0.15, 0.2) is 138 Å². The molecule has 1 fully saturated rings. The minimum Gasteiger partial charge on any atom is -0.489 e. The second-order valence-corrected chi connectivity index (χ2v) is 21.8. The summed E-state index contributed by atoms with van der Waals surface area (Å²) in [6, 6.07) is 40.6. The maximum atomic E-state index is 15.4. The van der Waals surface area contributed by atoms with Gasteiger partial charge in [-0.2, -0.15) is 0 Å². The average Bonchev–Trinajstić information content (AvgIpc) is 3.56. The summed E-state index contributed by atoms with van der Waals surface area (Å²) in [5.74, 6) is -0.897. The number of halogens is 2. The van der Waals surface area contributed by atoms with Crippen LogP contribution in [-0.2, 0) is 27.0 Å². The monoisotopic (exact) mass is 850 g/mol. The topological polar surface area (TPSA) is 77.1 Å². The van der Waals surface area contributed by atoms with Crippen molar-refractivity contribution < 1.29 is 27.9 Å². The molecule has 1 saturated heterocycles. The van der Waals surface area contributed by atoms with Crippen molar-refractivity contribution in [3.05, 3.63) is 166 Å². The molecule has 5 aromatic carbocycles. The Bertz CT molecular complexity index is 2080. The summed E-state index contributed by atoms with van der Waals surface area (Å²) in [4.78, 5) is 30.4. The van der Waals surface area contributed by atoms with E-state index in [1.54, 1.807) is 12.1 Å². The van der Waals surface area contributed by atoms with E-state index in [4.69, 9.17) is 13.9 Å². The molecule has 0 unspecified atom stereocenters. The van der Waals surface area contributed by atoms with Crippen LogP contribution in [0.5, 0.6) is 5.75 Å². The highest BCUT2D eigenvalue weighted by molar-refractivity contribution is 9.10. The summed E-state index contributed by atoms with van der Waals surface area (Å²) >= 11 is 3.65. The Morgan fingerprint density at radius 3 is 2.12 bits per heavy atom. The molecule has 0 aliphatic carbocycles. The van der Waals surface area contributed by atoms with E-state index in [0.717, 1.165) is 32.4 Å². The molecule has 5 aromatic rings. The number of hydrogen-bond acceptors (Lipinski definition) is 6. The first-order chi connectivity index (χ1) is 27.3. The molecule has 0 aromatic heterocycles. The first kappa shape index (κ1) is 41.8. The molecule has 0 bridgehead atoms. The molecule has 1 heterocycles.